The van der Waals surface area contributed by atoms with Crippen molar-refractivity contribution in [1.29, 1.82) is 0 Å². The number of ether oxygens (including phenoxy) is 1. The largest absolute Gasteiger partial charge is 0.508 e. The van der Waals surface area contributed by atoms with E-state index in [0.717, 1.165) is 39.3 Å². The number of phenolic OH excluding ortho intramolecular Hbond substituents is 1. The summed E-state index contributed by atoms with van der Waals surface area (Å²) in [4.78, 5) is 148. The fourth-order valence-electron chi connectivity index (χ4n) is 8.99. The number of hydrogen-bond donors (Lipinski definition) is 13. The van der Waals surface area contributed by atoms with Crippen LogP contribution in [0.1, 0.15) is 63.6 Å². The molecule has 1 saturated heterocycles. The molecular formula is C60H73F3N12O13S4. The molecule has 1 aliphatic heterocycles. The molecule has 3 heterocycles. The number of amides is 10. The van der Waals surface area contributed by atoms with Gasteiger partial charge in [0.1, 0.15) is 64.7 Å². The van der Waals surface area contributed by atoms with Gasteiger partial charge in [-0.15, -0.1) is 0 Å². The van der Waals surface area contributed by atoms with Gasteiger partial charge in [-0.2, -0.15) is 13.2 Å². The number of carbonyl (C=O) groups is 10. The first-order valence-corrected chi connectivity index (χ1v) is 33.7. The number of H-pyrrole nitrogens is 1. The predicted octanol–water partition coefficient (Wildman–Crippen LogP) is 3.13. The van der Waals surface area contributed by atoms with Gasteiger partial charge >= 0.3 is 18.2 Å². The highest BCUT2D eigenvalue weighted by molar-refractivity contribution is 8.77. The van der Waals surface area contributed by atoms with Crippen molar-refractivity contribution < 1.29 is 76.1 Å². The number of carbonyl (C=O) groups excluding carboxylic acids is 10. The number of alkyl carbamates (subject to hydrolysis) is 1. The summed E-state index contributed by atoms with van der Waals surface area (Å²) < 4.78 is 46.9. The summed E-state index contributed by atoms with van der Waals surface area (Å²) in [5.41, 5.74) is 6.74. The molecule has 1 fully saturated rings. The van der Waals surface area contributed by atoms with Crippen LogP contribution in [-0.2, 0) is 67.2 Å². The molecule has 3 aromatic carbocycles. The lowest BCUT2D eigenvalue weighted by Crippen LogP contribution is -2.62. The topological polar surface area (TPSA) is 383 Å². The second-order valence-electron chi connectivity index (χ2n) is 22.2. The molecule has 0 saturated carbocycles. The van der Waals surface area contributed by atoms with Crippen LogP contribution in [0, 0.1) is 0 Å². The van der Waals surface area contributed by atoms with Crippen molar-refractivity contribution in [3.05, 3.63) is 126 Å². The maximum absolute atomic E-state index is 15.1. The molecule has 9 atom stereocenters. The van der Waals surface area contributed by atoms with Gasteiger partial charge < -0.3 is 73.5 Å². The molecule has 0 aliphatic carbocycles. The van der Waals surface area contributed by atoms with Crippen LogP contribution in [0.3, 0.4) is 0 Å². The quantitative estimate of drug-likeness (QED) is 0.0350. The predicted molar refractivity (Wildman–Crippen MR) is 342 cm³/mol. The number of alkyl halides is 3. The number of fused-ring (bicyclic) bond motifs is 1. The van der Waals surface area contributed by atoms with Gasteiger partial charge in [0, 0.05) is 66.4 Å². The third-order valence-electron chi connectivity index (χ3n) is 13.7. The summed E-state index contributed by atoms with van der Waals surface area (Å²) >= 11 is 0. The number of para-hydroxylation sites is 1. The van der Waals surface area contributed by atoms with Gasteiger partial charge in [0.2, 0.25) is 47.3 Å². The number of aliphatic hydroxyl groups is 1. The minimum absolute atomic E-state index is 0.0504. The first kappa shape index (κ1) is 72.9. The van der Waals surface area contributed by atoms with E-state index in [4.69, 9.17) is 10.5 Å². The zero-order valence-corrected chi connectivity index (χ0v) is 53.6. The van der Waals surface area contributed by atoms with Crippen molar-refractivity contribution in [2.24, 2.45) is 5.73 Å². The number of nitrogens with two attached hydrogens (primary N) is 1. The Labute approximate surface area is 543 Å². The Morgan fingerprint density at radius 1 is 0.739 bits per heavy atom. The SMILES string of the molecule is C[C@@H](O)[C@@H]1NC(=O)C(CCCCNC(=O)OC(C)(C)C)NC(=O)[C@@H](Cc2c[nH]c3ccccc23)NC(=O)[C@H](Cc2ccc(O)cc2)NC(=O)[C@@H](NC(=O)[C@@H](Cc2ccccc2)NC(=O)C(F)(F)F)CSSC[C@@H](C(=O)N[C@@H](CSSc2ccccn2)C(N)=O)NC1=O. The molecular weight excluding hydrogens is 1280 g/mol. The van der Waals surface area contributed by atoms with Gasteiger partial charge in [-0.05, 0) is 105 Å². The number of benzene rings is 3. The number of aromatic amines is 1. The van der Waals surface area contributed by atoms with E-state index in [1.807, 2.05) is 0 Å². The highest BCUT2D eigenvalue weighted by atomic mass is 33.1. The van der Waals surface area contributed by atoms with Crippen molar-refractivity contribution >= 4 is 113 Å². The number of hydrogen-bond acceptors (Lipinski definition) is 18. The molecule has 1 unspecified atom stereocenters. The standard InChI is InChI=1S/C60H73F3N12O13S4/c1-33(76)48-56(85)73-46(55(84)71-44(49(64)78)30-91-92-47-19-11-13-24-65-47)32-90-89-31-45(72-52(81)42(74-57(86)60(61,62)63)26-34-14-6-5-7-15-34)54(83)69-41(27-35-20-22-37(77)23-21-35)51(80)70-43(28-36-29-67-39-17-9-8-16-38(36)39)53(82)68-40(50(79)75-48)18-10-12-25-66-58(87)88-59(2,3)4/h5-9,11,13-17,19-24,29,33,40-46,48,67,76-77H,10,12,18,25-28,30-32H2,1-4H3,(H2,64,78)(H,66,87)(H,68,82)(H,69,83)(H,70,80)(H,71,84)(H,72,81)(H,73,85)(H,74,86)(H,75,79)/t33-,40?,41+,42-,43-,44+,45+,46+,48+/m1/s1. The summed E-state index contributed by atoms with van der Waals surface area (Å²) in [5.74, 6) is -12.2. The summed E-state index contributed by atoms with van der Waals surface area (Å²) in [6, 6.07) is 11.8. The van der Waals surface area contributed by atoms with Crippen LogP contribution in [0.4, 0.5) is 18.0 Å². The molecule has 32 heteroatoms. The molecule has 14 N–H and O–H groups in total. The number of aromatic hydroxyl groups is 1. The number of unbranched alkanes of at least 4 members (excludes halogenated alkanes) is 1. The molecule has 2 aromatic heterocycles. The van der Waals surface area contributed by atoms with Crippen LogP contribution >= 0.6 is 43.2 Å². The number of nitrogens with one attached hydrogen (secondary N) is 10. The van der Waals surface area contributed by atoms with E-state index >= 15 is 9.59 Å². The molecule has 25 nitrogen and oxygen atoms in total. The van der Waals surface area contributed by atoms with Crippen LogP contribution in [-0.4, -0.2) is 169 Å². The van der Waals surface area contributed by atoms with Gasteiger partial charge in [0.25, 0.3) is 0 Å². The Balaban J connectivity index is 1.42. The van der Waals surface area contributed by atoms with Crippen molar-refractivity contribution in [1.82, 2.24) is 57.8 Å². The van der Waals surface area contributed by atoms with Crippen LogP contribution < -0.4 is 53.6 Å². The van der Waals surface area contributed by atoms with E-state index in [0.29, 0.717) is 32.6 Å². The Hall–Kier alpha value is -8.20. The number of halogens is 3. The number of aliphatic hydroxyl groups excluding tert-OH is 1. The lowest BCUT2D eigenvalue weighted by molar-refractivity contribution is -0.174. The Bertz CT molecular complexity index is 3350. The van der Waals surface area contributed by atoms with Crippen LogP contribution in [0.2, 0.25) is 0 Å². The van der Waals surface area contributed by atoms with E-state index < -0.39 is 143 Å². The molecule has 496 valence electrons. The first-order chi connectivity index (χ1) is 43.6. The maximum Gasteiger partial charge on any atom is 0.471 e. The molecule has 6 rings (SSSR count). The summed E-state index contributed by atoms with van der Waals surface area (Å²) in [6.45, 7) is 6.24. The van der Waals surface area contributed by atoms with Crippen molar-refractivity contribution in [2.75, 3.05) is 23.8 Å². The minimum Gasteiger partial charge on any atom is -0.508 e. The van der Waals surface area contributed by atoms with Crippen molar-refractivity contribution in [3.8, 4) is 5.75 Å². The first-order valence-electron chi connectivity index (χ1n) is 28.9. The van der Waals surface area contributed by atoms with E-state index in [2.05, 4.69) is 52.5 Å². The second kappa shape index (κ2) is 35.0. The highest BCUT2D eigenvalue weighted by Crippen LogP contribution is 2.30. The summed E-state index contributed by atoms with van der Waals surface area (Å²) in [5, 5.41) is 44.9. The van der Waals surface area contributed by atoms with E-state index in [9.17, 15) is 61.7 Å². The average molecular weight is 1360 g/mol. The summed E-state index contributed by atoms with van der Waals surface area (Å²) in [6.07, 6.45) is -5.71. The third-order valence-corrected chi connectivity index (χ3v) is 18.4. The van der Waals surface area contributed by atoms with E-state index in [1.54, 1.807) is 99.1 Å². The smallest absolute Gasteiger partial charge is 0.471 e. The van der Waals surface area contributed by atoms with Crippen molar-refractivity contribution in [3.63, 3.8) is 0 Å². The second-order valence-corrected chi connectivity index (χ2v) is 27.1. The Kier molecular flexibility index (Phi) is 27.7. The van der Waals surface area contributed by atoms with E-state index in [1.165, 1.54) is 47.2 Å². The number of nitrogens with zero attached hydrogens (tertiary/aromatic N) is 1. The molecule has 0 bridgehead atoms. The highest BCUT2D eigenvalue weighted by Gasteiger charge is 2.42. The molecule has 10 amide bonds. The normalized spacial score (nSPS) is 20.1. The molecule has 1 aliphatic rings. The lowest BCUT2D eigenvalue weighted by atomic mass is 10.0. The lowest BCUT2D eigenvalue weighted by Gasteiger charge is -2.29. The van der Waals surface area contributed by atoms with Gasteiger partial charge in [-0.3, -0.25) is 43.2 Å². The molecule has 92 heavy (non-hydrogen) atoms. The molecule has 5 aromatic rings. The monoisotopic (exact) mass is 1350 g/mol. The van der Waals surface area contributed by atoms with Crippen LogP contribution in [0.5, 0.6) is 5.75 Å². The molecule has 0 radical (unpaired) electrons. The fraction of sp³-hybridized carbons (Fsp3) is 0.417. The van der Waals surface area contributed by atoms with Crippen LogP contribution in [0.25, 0.3) is 10.9 Å². The van der Waals surface area contributed by atoms with Gasteiger partial charge in [-0.1, -0.05) is 99.1 Å². The Morgan fingerprint density at radius 3 is 2.04 bits per heavy atom. The fourth-order valence-corrected chi connectivity index (χ4v) is 13.4. The maximum atomic E-state index is 15.1. The van der Waals surface area contributed by atoms with Crippen LogP contribution in [0.15, 0.2) is 114 Å². The van der Waals surface area contributed by atoms with Crippen molar-refractivity contribution in [2.45, 2.75) is 137 Å². The average Bonchev–Trinajstić information content (AvgIpc) is 1.60. The third kappa shape index (κ3) is 23.8. The number of primary amides is 1. The van der Waals surface area contributed by atoms with Gasteiger partial charge in [-0.25, -0.2) is 9.78 Å². The zero-order valence-electron chi connectivity index (χ0n) is 50.3. The molecule has 0 spiro atoms. The zero-order chi connectivity index (χ0) is 67.1. The summed E-state index contributed by atoms with van der Waals surface area (Å²) in [7, 11) is 3.88. The van der Waals surface area contributed by atoms with Gasteiger partial charge in [0.15, 0.2) is 0 Å². The minimum atomic E-state index is -5.45. The Morgan fingerprint density at radius 2 is 1.38 bits per heavy atom. The van der Waals surface area contributed by atoms with Gasteiger partial charge in [0.05, 0.1) is 6.10 Å². The number of pyridine rings is 1. The van der Waals surface area contributed by atoms with E-state index in [-0.39, 0.29) is 50.2 Å². The number of rotatable bonds is 22. The number of aromatic nitrogens is 2. The number of phenols is 1.